The van der Waals surface area contributed by atoms with E-state index in [0.29, 0.717) is 21.8 Å². The van der Waals surface area contributed by atoms with Crippen molar-refractivity contribution in [2.24, 2.45) is 0 Å². The van der Waals surface area contributed by atoms with Gasteiger partial charge in [0.15, 0.2) is 0 Å². The van der Waals surface area contributed by atoms with Crippen molar-refractivity contribution in [3.05, 3.63) is 76.0 Å². The summed E-state index contributed by atoms with van der Waals surface area (Å²) in [4.78, 5) is 26.5. The molecule has 2 heterocycles. The second-order valence-electron chi connectivity index (χ2n) is 6.83. The van der Waals surface area contributed by atoms with E-state index in [4.69, 9.17) is 0 Å². The van der Waals surface area contributed by atoms with Gasteiger partial charge in [-0.3, -0.25) is 9.59 Å². The molecule has 0 saturated carbocycles. The molecule has 2 aromatic carbocycles. The minimum Gasteiger partial charge on any atom is -0.355 e. The Bertz CT molecular complexity index is 1270. The lowest BCUT2D eigenvalue weighted by molar-refractivity contribution is 0.0963. The highest BCUT2D eigenvalue weighted by molar-refractivity contribution is 7.20. The third-order valence-corrected chi connectivity index (χ3v) is 5.92. The number of anilines is 1. The Hall–Kier alpha value is -3.52. The fourth-order valence-corrected chi connectivity index (χ4v) is 4.38. The van der Waals surface area contributed by atoms with Crippen molar-refractivity contribution in [2.45, 2.75) is 13.8 Å². The normalized spacial score (nSPS) is 10.9. The van der Waals surface area contributed by atoms with Gasteiger partial charge in [-0.2, -0.15) is 5.10 Å². The second-order valence-corrected chi connectivity index (χ2v) is 7.86. The summed E-state index contributed by atoms with van der Waals surface area (Å²) in [7, 11) is 1.55. The van der Waals surface area contributed by atoms with E-state index < -0.39 is 0 Å². The SMILES string of the molecule is CNC(=O)c1c(C)cccc1NC(=O)c1cc2c(C)nn(-c3ccc(F)cc3)c2s1. The number of nitrogens with one attached hydrogen (secondary N) is 2. The van der Waals surface area contributed by atoms with E-state index in [2.05, 4.69) is 15.7 Å². The van der Waals surface area contributed by atoms with Crippen molar-refractivity contribution in [3.8, 4) is 5.69 Å². The van der Waals surface area contributed by atoms with Gasteiger partial charge in [0.05, 0.1) is 27.5 Å². The van der Waals surface area contributed by atoms with Crippen LogP contribution in [0.1, 0.15) is 31.3 Å². The molecule has 4 rings (SSSR count). The fourth-order valence-electron chi connectivity index (χ4n) is 3.30. The quantitative estimate of drug-likeness (QED) is 0.510. The largest absolute Gasteiger partial charge is 0.355 e. The van der Waals surface area contributed by atoms with Crippen LogP contribution in [-0.4, -0.2) is 28.6 Å². The average molecular weight is 422 g/mol. The number of aromatic nitrogens is 2. The van der Waals surface area contributed by atoms with Crippen LogP contribution in [0.2, 0.25) is 0 Å². The minimum atomic E-state index is -0.324. The number of thiophene rings is 1. The van der Waals surface area contributed by atoms with Crippen LogP contribution >= 0.6 is 11.3 Å². The van der Waals surface area contributed by atoms with Crippen LogP contribution in [0.3, 0.4) is 0 Å². The number of carbonyl (C=O) groups is 2. The standard InChI is InChI=1S/C22H19FN4O2S/c1-12-5-4-6-17(19(12)21(29)24-3)25-20(28)18-11-16-13(2)26-27(22(16)30-18)15-9-7-14(23)8-10-15/h4-11H,1-3H3,(H,24,29)(H,25,28). The summed E-state index contributed by atoms with van der Waals surface area (Å²) in [6, 6.07) is 13.1. The summed E-state index contributed by atoms with van der Waals surface area (Å²) in [5.74, 6) is -0.894. The van der Waals surface area contributed by atoms with Crippen molar-refractivity contribution >= 4 is 39.1 Å². The molecule has 4 aromatic rings. The Morgan fingerprint density at radius 3 is 2.50 bits per heavy atom. The second kappa shape index (κ2) is 7.72. The van der Waals surface area contributed by atoms with Gasteiger partial charge >= 0.3 is 0 Å². The van der Waals surface area contributed by atoms with Gasteiger partial charge in [-0.05, 0) is 55.8 Å². The van der Waals surface area contributed by atoms with Gasteiger partial charge in [-0.25, -0.2) is 9.07 Å². The maximum atomic E-state index is 13.3. The number of hydrogen-bond donors (Lipinski definition) is 2. The molecule has 6 nitrogen and oxygen atoms in total. The van der Waals surface area contributed by atoms with Gasteiger partial charge in [0.2, 0.25) is 0 Å². The van der Waals surface area contributed by atoms with E-state index in [1.165, 1.54) is 23.5 Å². The Morgan fingerprint density at radius 2 is 1.80 bits per heavy atom. The van der Waals surface area contributed by atoms with E-state index >= 15 is 0 Å². The van der Waals surface area contributed by atoms with Crippen molar-refractivity contribution in [3.63, 3.8) is 0 Å². The zero-order valence-corrected chi connectivity index (χ0v) is 17.4. The number of fused-ring (bicyclic) bond motifs is 1. The molecular weight excluding hydrogens is 403 g/mol. The number of halogens is 1. The zero-order chi connectivity index (χ0) is 21.4. The van der Waals surface area contributed by atoms with Gasteiger partial charge in [0.1, 0.15) is 10.6 Å². The van der Waals surface area contributed by atoms with Crippen molar-refractivity contribution < 1.29 is 14.0 Å². The maximum Gasteiger partial charge on any atom is 0.265 e. The molecule has 2 N–H and O–H groups in total. The smallest absolute Gasteiger partial charge is 0.265 e. The van der Waals surface area contributed by atoms with Crippen LogP contribution in [0.5, 0.6) is 0 Å². The maximum absolute atomic E-state index is 13.3. The topological polar surface area (TPSA) is 76.0 Å². The van der Waals surface area contributed by atoms with E-state index in [1.54, 1.807) is 42.1 Å². The van der Waals surface area contributed by atoms with Crippen LogP contribution in [0.15, 0.2) is 48.5 Å². The summed E-state index contributed by atoms with van der Waals surface area (Å²) in [5, 5.41) is 10.8. The molecule has 0 bridgehead atoms. The van der Waals surface area contributed by atoms with Crippen LogP contribution in [0.4, 0.5) is 10.1 Å². The van der Waals surface area contributed by atoms with Crippen molar-refractivity contribution in [2.75, 3.05) is 12.4 Å². The Balaban J connectivity index is 1.71. The molecule has 0 radical (unpaired) electrons. The number of hydrogen-bond acceptors (Lipinski definition) is 4. The number of rotatable bonds is 4. The lowest BCUT2D eigenvalue weighted by Gasteiger charge is -2.12. The van der Waals surface area contributed by atoms with Crippen LogP contribution < -0.4 is 10.6 Å². The molecule has 8 heteroatoms. The van der Waals surface area contributed by atoms with Crippen LogP contribution in [-0.2, 0) is 0 Å². The van der Waals surface area contributed by atoms with Gasteiger partial charge < -0.3 is 10.6 Å². The number of benzene rings is 2. The first-order valence-electron chi connectivity index (χ1n) is 9.27. The summed E-state index contributed by atoms with van der Waals surface area (Å²) in [6.45, 7) is 3.68. The molecular formula is C22H19FN4O2S. The minimum absolute atomic E-state index is 0.262. The fraction of sp³-hybridized carbons (Fsp3) is 0.136. The van der Waals surface area contributed by atoms with Crippen LogP contribution in [0.25, 0.3) is 15.9 Å². The molecule has 30 heavy (non-hydrogen) atoms. The zero-order valence-electron chi connectivity index (χ0n) is 16.6. The molecule has 0 fully saturated rings. The molecule has 0 aliphatic heterocycles. The predicted molar refractivity (Wildman–Crippen MR) is 116 cm³/mol. The number of amides is 2. The van der Waals surface area contributed by atoms with E-state index in [1.807, 2.05) is 19.9 Å². The predicted octanol–water partition coefficient (Wildman–Crippen LogP) is 4.45. The number of nitrogens with zero attached hydrogens (tertiary/aromatic N) is 2. The van der Waals surface area contributed by atoms with Crippen molar-refractivity contribution in [1.29, 1.82) is 0 Å². The van der Waals surface area contributed by atoms with Crippen molar-refractivity contribution in [1.82, 2.24) is 15.1 Å². The lowest BCUT2D eigenvalue weighted by atomic mass is 10.1. The molecule has 152 valence electrons. The lowest BCUT2D eigenvalue weighted by Crippen LogP contribution is -2.22. The monoisotopic (exact) mass is 422 g/mol. The first-order chi connectivity index (χ1) is 14.4. The molecule has 0 aliphatic rings. The molecule has 0 aliphatic carbocycles. The van der Waals surface area contributed by atoms with E-state index in [0.717, 1.165) is 21.5 Å². The summed E-state index contributed by atoms with van der Waals surface area (Å²) in [5.41, 5.74) is 3.14. The Labute approximate surface area is 176 Å². The van der Waals surface area contributed by atoms with Crippen LogP contribution in [0, 0.1) is 19.7 Å². The average Bonchev–Trinajstić information content (AvgIpc) is 3.29. The summed E-state index contributed by atoms with van der Waals surface area (Å²) in [6.07, 6.45) is 0. The highest BCUT2D eigenvalue weighted by Crippen LogP contribution is 2.31. The molecule has 2 amide bonds. The Morgan fingerprint density at radius 1 is 1.07 bits per heavy atom. The summed E-state index contributed by atoms with van der Waals surface area (Å²) < 4.78 is 15.0. The number of carbonyl (C=O) groups excluding carboxylic acids is 2. The van der Waals surface area contributed by atoms with Gasteiger partial charge in [0.25, 0.3) is 11.8 Å². The molecule has 0 saturated heterocycles. The highest BCUT2D eigenvalue weighted by Gasteiger charge is 2.20. The molecule has 0 atom stereocenters. The third kappa shape index (κ3) is 3.46. The van der Waals surface area contributed by atoms with E-state index in [9.17, 15) is 14.0 Å². The molecule has 0 unspecified atom stereocenters. The molecule has 2 aromatic heterocycles. The van der Waals surface area contributed by atoms with E-state index in [-0.39, 0.29) is 17.6 Å². The highest BCUT2D eigenvalue weighted by atomic mass is 32.1. The summed E-state index contributed by atoms with van der Waals surface area (Å²) >= 11 is 1.29. The third-order valence-electron chi connectivity index (χ3n) is 4.81. The molecule has 0 spiro atoms. The van der Waals surface area contributed by atoms with Gasteiger partial charge in [-0.1, -0.05) is 12.1 Å². The Kier molecular flexibility index (Phi) is 5.09. The first-order valence-corrected chi connectivity index (χ1v) is 10.1. The number of aryl methyl sites for hydroxylation is 2. The van der Waals surface area contributed by atoms with Gasteiger partial charge in [-0.15, -0.1) is 11.3 Å². The first kappa shape index (κ1) is 19.8. The van der Waals surface area contributed by atoms with Gasteiger partial charge in [0, 0.05) is 12.4 Å².